The van der Waals surface area contributed by atoms with Crippen LogP contribution in [0.5, 0.6) is 6.01 Å². The third-order valence-corrected chi connectivity index (χ3v) is 3.84. The molecule has 0 spiro atoms. The summed E-state index contributed by atoms with van der Waals surface area (Å²) in [5, 5.41) is 6.50. The van der Waals surface area contributed by atoms with Gasteiger partial charge >= 0.3 is 6.01 Å². The van der Waals surface area contributed by atoms with E-state index in [2.05, 4.69) is 65.4 Å². The molecule has 0 saturated heterocycles. The SMILES string of the molecule is CCOc1nc(Nc2cc(C)cc(C)c2)nc(Nc2cc(C)cc(C)c2)n1. The summed E-state index contributed by atoms with van der Waals surface area (Å²) in [4.78, 5) is 13.2. The van der Waals surface area contributed by atoms with Gasteiger partial charge in [0.25, 0.3) is 0 Å². The fourth-order valence-electron chi connectivity index (χ4n) is 3.01. The number of nitrogens with zero attached hydrogens (tertiary/aromatic N) is 3. The number of ether oxygens (including phenoxy) is 1. The van der Waals surface area contributed by atoms with Gasteiger partial charge in [-0.25, -0.2) is 0 Å². The van der Waals surface area contributed by atoms with E-state index in [4.69, 9.17) is 4.74 Å². The Balaban J connectivity index is 1.92. The highest BCUT2D eigenvalue weighted by molar-refractivity contribution is 5.60. The molecule has 0 saturated carbocycles. The zero-order valence-electron chi connectivity index (χ0n) is 16.4. The van der Waals surface area contributed by atoms with Crippen LogP contribution in [0.4, 0.5) is 23.3 Å². The lowest BCUT2D eigenvalue weighted by Gasteiger charge is -2.12. The van der Waals surface area contributed by atoms with Crippen molar-refractivity contribution in [2.75, 3.05) is 17.2 Å². The molecule has 6 heteroatoms. The van der Waals surface area contributed by atoms with Crippen molar-refractivity contribution >= 4 is 23.3 Å². The van der Waals surface area contributed by atoms with Crippen LogP contribution in [-0.4, -0.2) is 21.6 Å². The Bertz CT molecular complexity index is 843. The Kier molecular flexibility index (Phi) is 5.54. The van der Waals surface area contributed by atoms with E-state index < -0.39 is 0 Å². The van der Waals surface area contributed by atoms with Crippen LogP contribution < -0.4 is 15.4 Å². The largest absolute Gasteiger partial charge is 0.464 e. The maximum atomic E-state index is 5.52. The Morgan fingerprint density at radius 1 is 0.667 bits per heavy atom. The summed E-state index contributed by atoms with van der Waals surface area (Å²) in [7, 11) is 0. The standard InChI is InChI=1S/C21H25N5O/c1-6-27-21-25-19(22-17-9-13(2)7-14(3)10-17)24-20(26-21)23-18-11-15(4)8-16(5)12-18/h7-12H,6H2,1-5H3,(H2,22,23,24,25,26). The van der Waals surface area contributed by atoms with Crippen molar-refractivity contribution in [2.45, 2.75) is 34.6 Å². The molecule has 0 atom stereocenters. The minimum Gasteiger partial charge on any atom is -0.464 e. The van der Waals surface area contributed by atoms with Crippen LogP contribution in [0.1, 0.15) is 29.2 Å². The smallest absolute Gasteiger partial charge is 0.323 e. The molecule has 2 N–H and O–H groups in total. The van der Waals surface area contributed by atoms with Gasteiger partial charge in [0.2, 0.25) is 11.9 Å². The van der Waals surface area contributed by atoms with Crippen molar-refractivity contribution in [1.29, 1.82) is 0 Å². The summed E-state index contributed by atoms with van der Waals surface area (Å²) < 4.78 is 5.52. The lowest BCUT2D eigenvalue weighted by molar-refractivity contribution is 0.312. The topological polar surface area (TPSA) is 72.0 Å². The van der Waals surface area contributed by atoms with Crippen LogP contribution in [0.3, 0.4) is 0 Å². The highest BCUT2D eigenvalue weighted by Gasteiger charge is 2.09. The van der Waals surface area contributed by atoms with E-state index in [0.29, 0.717) is 18.5 Å². The van der Waals surface area contributed by atoms with Gasteiger partial charge in [0.1, 0.15) is 0 Å². The van der Waals surface area contributed by atoms with Crippen molar-refractivity contribution in [3.63, 3.8) is 0 Å². The number of rotatable bonds is 6. The second-order valence-electron chi connectivity index (χ2n) is 6.70. The lowest BCUT2D eigenvalue weighted by atomic mass is 10.1. The molecule has 27 heavy (non-hydrogen) atoms. The molecular formula is C21H25N5O. The van der Waals surface area contributed by atoms with Crippen molar-refractivity contribution in [3.8, 4) is 6.01 Å². The number of aryl methyl sites for hydroxylation is 4. The second-order valence-corrected chi connectivity index (χ2v) is 6.70. The Labute approximate surface area is 160 Å². The average molecular weight is 363 g/mol. The van der Waals surface area contributed by atoms with E-state index in [1.807, 2.05) is 31.2 Å². The molecule has 0 unspecified atom stereocenters. The summed E-state index contributed by atoms with van der Waals surface area (Å²) >= 11 is 0. The first-order valence-corrected chi connectivity index (χ1v) is 9.01. The zero-order chi connectivity index (χ0) is 19.4. The first-order chi connectivity index (χ1) is 12.9. The van der Waals surface area contributed by atoms with Gasteiger partial charge in [-0.1, -0.05) is 12.1 Å². The van der Waals surface area contributed by atoms with Crippen LogP contribution in [0, 0.1) is 27.7 Å². The molecule has 0 radical (unpaired) electrons. The molecular weight excluding hydrogens is 338 g/mol. The zero-order valence-corrected chi connectivity index (χ0v) is 16.4. The van der Waals surface area contributed by atoms with Gasteiger partial charge in [-0.05, 0) is 81.1 Å². The van der Waals surface area contributed by atoms with Crippen LogP contribution in [0.25, 0.3) is 0 Å². The number of anilines is 4. The molecule has 0 aliphatic heterocycles. The molecule has 1 aromatic heterocycles. The van der Waals surface area contributed by atoms with Crippen LogP contribution in [0.15, 0.2) is 36.4 Å². The van der Waals surface area contributed by atoms with Crippen LogP contribution in [-0.2, 0) is 0 Å². The molecule has 2 aromatic carbocycles. The maximum absolute atomic E-state index is 5.52. The lowest BCUT2D eigenvalue weighted by Crippen LogP contribution is -2.07. The molecule has 0 amide bonds. The number of benzene rings is 2. The molecule has 0 aliphatic carbocycles. The Morgan fingerprint density at radius 2 is 1.07 bits per heavy atom. The molecule has 1 heterocycles. The van der Waals surface area contributed by atoms with Gasteiger partial charge in [-0.3, -0.25) is 0 Å². The molecule has 140 valence electrons. The molecule has 3 aromatic rings. The first kappa shape index (κ1) is 18.6. The first-order valence-electron chi connectivity index (χ1n) is 9.01. The van der Waals surface area contributed by atoms with E-state index in [9.17, 15) is 0 Å². The third-order valence-electron chi connectivity index (χ3n) is 3.84. The molecule has 0 fully saturated rings. The highest BCUT2D eigenvalue weighted by atomic mass is 16.5. The van der Waals surface area contributed by atoms with E-state index in [1.165, 1.54) is 22.3 Å². The molecule has 6 nitrogen and oxygen atoms in total. The maximum Gasteiger partial charge on any atom is 0.323 e. The quantitative estimate of drug-likeness (QED) is 0.643. The van der Waals surface area contributed by atoms with Gasteiger partial charge in [0.15, 0.2) is 0 Å². The minimum absolute atomic E-state index is 0.284. The van der Waals surface area contributed by atoms with Gasteiger partial charge in [-0.2, -0.15) is 15.0 Å². The summed E-state index contributed by atoms with van der Waals surface area (Å²) in [6.45, 7) is 10.6. The summed E-state index contributed by atoms with van der Waals surface area (Å²) in [6, 6.07) is 12.7. The number of hydrogen-bond donors (Lipinski definition) is 2. The number of aromatic nitrogens is 3. The second kappa shape index (κ2) is 8.03. The molecule has 3 rings (SSSR count). The molecule has 0 bridgehead atoms. The fourth-order valence-corrected chi connectivity index (χ4v) is 3.01. The van der Waals surface area contributed by atoms with Gasteiger partial charge in [0, 0.05) is 11.4 Å². The van der Waals surface area contributed by atoms with E-state index >= 15 is 0 Å². The summed E-state index contributed by atoms with van der Waals surface area (Å²) in [5.41, 5.74) is 6.54. The van der Waals surface area contributed by atoms with Crippen LogP contribution in [0.2, 0.25) is 0 Å². The normalized spacial score (nSPS) is 10.6. The van der Waals surface area contributed by atoms with Gasteiger partial charge in [0.05, 0.1) is 6.61 Å². The monoisotopic (exact) mass is 363 g/mol. The van der Waals surface area contributed by atoms with Crippen molar-refractivity contribution in [2.24, 2.45) is 0 Å². The minimum atomic E-state index is 0.284. The van der Waals surface area contributed by atoms with Gasteiger partial charge < -0.3 is 15.4 Å². The van der Waals surface area contributed by atoms with E-state index in [-0.39, 0.29) is 6.01 Å². The Hall–Kier alpha value is -3.15. The summed E-state index contributed by atoms with van der Waals surface area (Å²) in [6.07, 6.45) is 0. The predicted molar refractivity (Wildman–Crippen MR) is 109 cm³/mol. The predicted octanol–water partition coefficient (Wildman–Crippen LogP) is 4.99. The number of nitrogens with one attached hydrogen (secondary N) is 2. The van der Waals surface area contributed by atoms with E-state index in [0.717, 1.165) is 11.4 Å². The summed E-state index contributed by atoms with van der Waals surface area (Å²) in [5.74, 6) is 0.871. The Morgan fingerprint density at radius 3 is 1.44 bits per heavy atom. The highest BCUT2D eigenvalue weighted by Crippen LogP contribution is 2.22. The van der Waals surface area contributed by atoms with Crippen molar-refractivity contribution < 1.29 is 4.74 Å². The molecule has 0 aliphatic rings. The van der Waals surface area contributed by atoms with Gasteiger partial charge in [-0.15, -0.1) is 0 Å². The van der Waals surface area contributed by atoms with Crippen molar-refractivity contribution in [3.05, 3.63) is 58.7 Å². The third kappa shape index (κ3) is 5.17. The average Bonchev–Trinajstić information content (AvgIpc) is 2.52. The van der Waals surface area contributed by atoms with Crippen molar-refractivity contribution in [1.82, 2.24) is 15.0 Å². The van der Waals surface area contributed by atoms with E-state index in [1.54, 1.807) is 0 Å². The fraction of sp³-hybridized carbons (Fsp3) is 0.286. The van der Waals surface area contributed by atoms with Crippen LogP contribution >= 0.6 is 0 Å². The number of hydrogen-bond acceptors (Lipinski definition) is 6.